The van der Waals surface area contributed by atoms with Crippen LogP contribution in [0.5, 0.6) is 0 Å². The molecule has 1 N–H and O–H groups in total. The Morgan fingerprint density at radius 3 is 2.76 bits per heavy atom. The van der Waals surface area contributed by atoms with Crippen molar-refractivity contribution in [1.29, 1.82) is 0 Å². The number of carbonyl (C=O) groups is 1. The number of aromatic nitrogens is 3. The smallest absolute Gasteiger partial charge is 0.276 e. The molecule has 0 bridgehead atoms. The Labute approximate surface area is 141 Å². The zero-order valence-corrected chi connectivity index (χ0v) is 13.0. The number of amides is 1. The third kappa shape index (κ3) is 2.64. The summed E-state index contributed by atoms with van der Waals surface area (Å²) in [7, 11) is 0. The first kappa shape index (κ1) is 15.6. The number of aliphatic hydroxyl groups is 1. The van der Waals surface area contributed by atoms with E-state index in [1.165, 1.54) is 17.3 Å². The van der Waals surface area contributed by atoms with Gasteiger partial charge in [-0.2, -0.15) is 0 Å². The number of benzene rings is 1. The van der Waals surface area contributed by atoms with Crippen molar-refractivity contribution < 1.29 is 18.7 Å². The van der Waals surface area contributed by atoms with Crippen LogP contribution < -0.4 is 0 Å². The lowest BCUT2D eigenvalue weighted by molar-refractivity contribution is 0.0709. The number of hydrogen-bond donors (Lipinski definition) is 1. The second-order valence-corrected chi connectivity index (χ2v) is 5.96. The van der Waals surface area contributed by atoms with E-state index < -0.39 is 29.7 Å². The summed E-state index contributed by atoms with van der Waals surface area (Å²) in [4.78, 5) is 22.5. The van der Waals surface area contributed by atoms with E-state index in [9.17, 15) is 18.7 Å². The molecule has 2 aromatic heterocycles. The van der Waals surface area contributed by atoms with Gasteiger partial charge in [0.15, 0.2) is 11.3 Å². The summed E-state index contributed by atoms with van der Waals surface area (Å²) < 4.78 is 29.4. The van der Waals surface area contributed by atoms with Crippen molar-refractivity contribution in [1.82, 2.24) is 19.3 Å². The summed E-state index contributed by atoms with van der Waals surface area (Å²) in [6.45, 7) is 0.0168. The molecule has 1 aromatic carbocycles. The fourth-order valence-corrected chi connectivity index (χ4v) is 3.24. The van der Waals surface area contributed by atoms with Gasteiger partial charge in [0.1, 0.15) is 11.6 Å². The molecule has 1 aliphatic heterocycles. The molecule has 0 unspecified atom stereocenters. The average Bonchev–Trinajstić information content (AvgIpc) is 3.22. The SMILES string of the molecule is O=C(c1nccn2ccnc12)N1C[C@H](O)C[C@@H]1c1cc(F)ccc1F. The summed E-state index contributed by atoms with van der Waals surface area (Å²) in [6, 6.07) is 2.33. The fourth-order valence-electron chi connectivity index (χ4n) is 3.24. The van der Waals surface area contributed by atoms with Crippen LogP contribution in [0.4, 0.5) is 8.78 Å². The number of β-amino-alcohol motifs (C(OH)–C–C–N with tert-alkyl or cyclic N) is 1. The van der Waals surface area contributed by atoms with Gasteiger partial charge in [0.05, 0.1) is 12.1 Å². The van der Waals surface area contributed by atoms with E-state index in [2.05, 4.69) is 9.97 Å². The van der Waals surface area contributed by atoms with Crippen molar-refractivity contribution in [2.75, 3.05) is 6.54 Å². The first-order valence-corrected chi connectivity index (χ1v) is 7.76. The molecule has 128 valence electrons. The third-order valence-corrected chi connectivity index (χ3v) is 4.37. The van der Waals surface area contributed by atoms with E-state index in [1.807, 2.05) is 0 Å². The van der Waals surface area contributed by atoms with E-state index in [-0.39, 0.29) is 24.2 Å². The van der Waals surface area contributed by atoms with Gasteiger partial charge >= 0.3 is 0 Å². The molecule has 6 nitrogen and oxygen atoms in total. The molecule has 4 rings (SSSR count). The number of halogens is 2. The predicted octanol–water partition coefficient (Wildman–Crippen LogP) is 1.96. The predicted molar refractivity (Wildman–Crippen MR) is 83.7 cm³/mol. The fraction of sp³-hybridized carbons (Fsp3) is 0.235. The van der Waals surface area contributed by atoms with Crippen molar-refractivity contribution >= 4 is 11.6 Å². The number of aliphatic hydroxyl groups excluding tert-OH is 1. The van der Waals surface area contributed by atoms with Crippen LogP contribution in [0.15, 0.2) is 43.0 Å². The maximum absolute atomic E-state index is 14.2. The van der Waals surface area contributed by atoms with Gasteiger partial charge in [0.2, 0.25) is 0 Å². The molecule has 0 spiro atoms. The first-order valence-electron chi connectivity index (χ1n) is 7.76. The van der Waals surface area contributed by atoms with Crippen molar-refractivity contribution in [3.8, 4) is 0 Å². The summed E-state index contributed by atoms with van der Waals surface area (Å²) in [6.07, 6.45) is 5.64. The maximum Gasteiger partial charge on any atom is 0.276 e. The maximum atomic E-state index is 14.2. The van der Waals surface area contributed by atoms with Gasteiger partial charge in [-0.25, -0.2) is 18.7 Å². The second-order valence-electron chi connectivity index (χ2n) is 5.96. The van der Waals surface area contributed by atoms with Crippen LogP contribution >= 0.6 is 0 Å². The Morgan fingerprint density at radius 2 is 1.96 bits per heavy atom. The molecule has 25 heavy (non-hydrogen) atoms. The summed E-state index contributed by atoms with van der Waals surface area (Å²) >= 11 is 0. The highest BCUT2D eigenvalue weighted by Crippen LogP contribution is 2.35. The van der Waals surface area contributed by atoms with Gasteiger partial charge in [-0.1, -0.05) is 0 Å². The summed E-state index contributed by atoms with van der Waals surface area (Å²) in [5, 5.41) is 10.0. The van der Waals surface area contributed by atoms with Gasteiger partial charge in [-0.3, -0.25) is 4.79 Å². The Morgan fingerprint density at radius 1 is 1.20 bits per heavy atom. The highest BCUT2D eigenvalue weighted by molar-refractivity contribution is 5.98. The quantitative estimate of drug-likeness (QED) is 0.771. The summed E-state index contributed by atoms with van der Waals surface area (Å²) in [5.74, 6) is -1.70. The van der Waals surface area contributed by atoms with Crippen molar-refractivity contribution in [3.63, 3.8) is 0 Å². The minimum atomic E-state index is -0.823. The molecule has 8 heteroatoms. The van der Waals surface area contributed by atoms with Gasteiger partial charge in [0, 0.05) is 36.9 Å². The van der Waals surface area contributed by atoms with Gasteiger partial charge in [0.25, 0.3) is 5.91 Å². The second kappa shape index (κ2) is 5.89. The zero-order chi connectivity index (χ0) is 17.6. The van der Waals surface area contributed by atoms with Crippen molar-refractivity contribution in [3.05, 3.63) is 65.9 Å². The number of fused-ring (bicyclic) bond motifs is 1. The molecule has 1 fully saturated rings. The van der Waals surface area contributed by atoms with Crippen LogP contribution in [0, 0.1) is 11.6 Å². The average molecular weight is 344 g/mol. The van der Waals surface area contributed by atoms with Crippen LogP contribution in [0.25, 0.3) is 5.65 Å². The van der Waals surface area contributed by atoms with Gasteiger partial charge in [-0.05, 0) is 24.6 Å². The first-order chi connectivity index (χ1) is 12.0. The third-order valence-electron chi connectivity index (χ3n) is 4.37. The molecule has 3 aromatic rings. The van der Waals surface area contributed by atoms with E-state index in [1.54, 1.807) is 16.8 Å². The Hall–Kier alpha value is -2.87. The van der Waals surface area contributed by atoms with E-state index in [0.717, 1.165) is 18.2 Å². The largest absolute Gasteiger partial charge is 0.391 e. The van der Waals surface area contributed by atoms with Gasteiger partial charge in [-0.15, -0.1) is 0 Å². The lowest BCUT2D eigenvalue weighted by Gasteiger charge is -2.24. The Balaban J connectivity index is 1.76. The molecule has 1 aliphatic rings. The molecular formula is C17H14F2N4O2. The van der Waals surface area contributed by atoms with Crippen LogP contribution in [0.3, 0.4) is 0 Å². The standard InChI is InChI=1S/C17H14F2N4O2/c18-10-1-2-13(19)12(7-10)14-8-11(24)9-23(14)17(25)15-16-21-4-6-22(16)5-3-20-15/h1-7,11,14,24H,8-9H2/t11-,14-/m1/s1. The number of nitrogens with zero attached hydrogens (tertiary/aromatic N) is 4. The normalized spacial score (nSPS) is 20.4. The highest BCUT2D eigenvalue weighted by atomic mass is 19.1. The van der Waals surface area contributed by atoms with Crippen LogP contribution in [-0.4, -0.2) is 42.9 Å². The number of likely N-dealkylation sites (tertiary alicyclic amines) is 1. The van der Waals surface area contributed by atoms with Crippen LogP contribution in [-0.2, 0) is 0 Å². The van der Waals surface area contributed by atoms with E-state index >= 15 is 0 Å². The molecule has 0 radical (unpaired) electrons. The zero-order valence-electron chi connectivity index (χ0n) is 13.0. The summed E-state index contributed by atoms with van der Waals surface area (Å²) in [5.41, 5.74) is 0.510. The molecule has 1 amide bonds. The topological polar surface area (TPSA) is 70.7 Å². The van der Waals surface area contributed by atoms with Crippen molar-refractivity contribution in [2.45, 2.75) is 18.6 Å². The minimum absolute atomic E-state index is 0.0168. The monoisotopic (exact) mass is 344 g/mol. The number of rotatable bonds is 2. The van der Waals surface area contributed by atoms with Crippen LogP contribution in [0.2, 0.25) is 0 Å². The Bertz CT molecular complexity index is 959. The number of hydrogen-bond acceptors (Lipinski definition) is 4. The van der Waals surface area contributed by atoms with Crippen LogP contribution in [0.1, 0.15) is 28.5 Å². The van der Waals surface area contributed by atoms with Crippen molar-refractivity contribution in [2.24, 2.45) is 0 Å². The molecule has 3 heterocycles. The minimum Gasteiger partial charge on any atom is -0.391 e. The Kier molecular flexibility index (Phi) is 3.69. The molecular weight excluding hydrogens is 330 g/mol. The lowest BCUT2D eigenvalue weighted by atomic mass is 10.0. The molecule has 0 saturated carbocycles. The number of carbonyl (C=O) groups excluding carboxylic acids is 1. The van der Waals surface area contributed by atoms with E-state index in [4.69, 9.17) is 0 Å². The molecule has 1 saturated heterocycles. The highest BCUT2D eigenvalue weighted by Gasteiger charge is 2.38. The number of imidazole rings is 1. The van der Waals surface area contributed by atoms with Gasteiger partial charge < -0.3 is 14.4 Å². The van der Waals surface area contributed by atoms with E-state index in [0.29, 0.717) is 5.65 Å². The lowest BCUT2D eigenvalue weighted by Crippen LogP contribution is -2.33. The molecule has 0 aliphatic carbocycles. The molecule has 2 atom stereocenters.